The summed E-state index contributed by atoms with van der Waals surface area (Å²) in [6.45, 7) is 5.06. The molecule has 22 heavy (non-hydrogen) atoms. The van der Waals surface area contributed by atoms with Gasteiger partial charge in [-0.3, -0.25) is 9.59 Å². The third-order valence-corrected chi connectivity index (χ3v) is 4.04. The molecule has 1 aromatic rings. The molecule has 1 unspecified atom stereocenters. The Balaban J connectivity index is 2.11. The highest BCUT2D eigenvalue weighted by Crippen LogP contribution is 2.25. The molecule has 0 spiro atoms. The Morgan fingerprint density at radius 2 is 2.18 bits per heavy atom. The van der Waals surface area contributed by atoms with Crippen molar-refractivity contribution >= 4 is 11.8 Å². The van der Waals surface area contributed by atoms with Gasteiger partial charge in [-0.2, -0.15) is 0 Å². The molecule has 2 amide bonds. The normalized spacial score (nSPS) is 18.1. The maximum absolute atomic E-state index is 11.6. The highest BCUT2D eigenvalue weighted by molar-refractivity contribution is 5.75. The number of rotatable bonds is 4. The van der Waals surface area contributed by atoms with E-state index in [9.17, 15) is 9.59 Å². The fourth-order valence-electron chi connectivity index (χ4n) is 2.81. The summed E-state index contributed by atoms with van der Waals surface area (Å²) in [7, 11) is 1.64. The van der Waals surface area contributed by atoms with Crippen LogP contribution in [0.1, 0.15) is 49.3 Å². The van der Waals surface area contributed by atoms with Crippen molar-refractivity contribution in [1.29, 1.82) is 0 Å². The van der Waals surface area contributed by atoms with Crippen molar-refractivity contribution in [3.8, 4) is 0 Å². The van der Waals surface area contributed by atoms with Gasteiger partial charge >= 0.3 is 0 Å². The van der Waals surface area contributed by atoms with E-state index in [2.05, 4.69) is 15.3 Å². The minimum absolute atomic E-state index is 0.0123. The van der Waals surface area contributed by atoms with Crippen molar-refractivity contribution < 1.29 is 9.59 Å². The van der Waals surface area contributed by atoms with E-state index in [-0.39, 0.29) is 17.7 Å². The average molecular weight is 304 g/mol. The van der Waals surface area contributed by atoms with E-state index in [1.54, 1.807) is 14.0 Å². The minimum Gasteiger partial charge on any atom is -0.359 e. The molecule has 1 aliphatic rings. The molecule has 1 aromatic heterocycles. The van der Waals surface area contributed by atoms with Gasteiger partial charge < -0.3 is 10.2 Å². The number of likely N-dealkylation sites (tertiary alicyclic amines) is 1. The predicted octanol–water partition coefficient (Wildman–Crippen LogP) is 1.19. The zero-order valence-electron chi connectivity index (χ0n) is 13.6. The van der Waals surface area contributed by atoms with Crippen LogP contribution in [-0.2, 0) is 16.0 Å². The summed E-state index contributed by atoms with van der Waals surface area (Å²) in [6.07, 6.45) is 3.02. The third-order valence-electron chi connectivity index (χ3n) is 4.04. The molecule has 2 rings (SSSR count). The molecule has 6 nitrogen and oxygen atoms in total. The molecule has 1 atom stereocenters. The molecule has 0 bridgehead atoms. The molecule has 120 valence electrons. The molecular formula is C16H24N4O2. The maximum Gasteiger partial charge on any atom is 0.220 e. The third kappa shape index (κ3) is 4.26. The van der Waals surface area contributed by atoms with Crippen molar-refractivity contribution in [2.24, 2.45) is 0 Å². The monoisotopic (exact) mass is 304 g/mol. The summed E-state index contributed by atoms with van der Waals surface area (Å²) in [5, 5.41) is 2.62. The van der Waals surface area contributed by atoms with Crippen LogP contribution >= 0.6 is 0 Å². The van der Waals surface area contributed by atoms with Gasteiger partial charge in [0.25, 0.3) is 0 Å². The predicted molar refractivity (Wildman–Crippen MR) is 83.4 cm³/mol. The van der Waals surface area contributed by atoms with Gasteiger partial charge in [0.05, 0.1) is 0 Å². The first kappa shape index (κ1) is 16.4. The molecule has 0 aliphatic carbocycles. The van der Waals surface area contributed by atoms with Gasteiger partial charge in [-0.25, -0.2) is 9.97 Å². The Morgan fingerprint density at radius 1 is 1.41 bits per heavy atom. The first-order valence-corrected chi connectivity index (χ1v) is 7.80. The van der Waals surface area contributed by atoms with E-state index < -0.39 is 0 Å². The number of aromatic nitrogens is 2. The molecule has 1 fully saturated rings. The first-order valence-electron chi connectivity index (χ1n) is 7.80. The van der Waals surface area contributed by atoms with Gasteiger partial charge in [-0.1, -0.05) is 0 Å². The van der Waals surface area contributed by atoms with E-state index in [0.717, 1.165) is 36.6 Å². The van der Waals surface area contributed by atoms with Gasteiger partial charge in [0, 0.05) is 50.8 Å². The second-order valence-electron chi connectivity index (χ2n) is 5.84. The Hall–Kier alpha value is -1.98. The van der Waals surface area contributed by atoms with Gasteiger partial charge in [0.2, 0.25) is 11.8 Å². The van der Waals surface area contributed by atoms with E-state index in [1.165, 1.54) is 0 Å². The second-order valence-corrected chi connectivity index (χ2v) is 5.84. The summed E-state index contributed by atoms with van der Waals surface area (Å²) >= 11 is 0. The Kier molecular flexibility index (Phi) is 5.46. The summed E-state index contributed by atoms with van der Waals surface area (Å²) in [6, 6.07) is 1.93. The summed E-state index contributed by atoms with van der Waals surface area (Å²) in [5.41, 5.74) is 1.81. The molecule has 1 aliphatic heterocycles. The lowest BCUT2D eigenvalue weighted by molar-refractivity contribution is -0.130. The van der Waals surface area contributed by atoms with Crippen LogP contribution in [0.4, 0.5) is 0 Å². The van der Waals surface area contributed by atoms with Crippen LogP contribution in [0, 0.1) is 6.92 Å². The molecule has 2 heterocycles. The van der Waals surface area contributed by atoms with Crippen molar-refractivity contribution in [2.45, 2.75) is 45.4 Å². The summed E-state index contributed by atoms with van der Waals surface area (Å²) in [4.78, 5) is 34.0. The number of amides is 2. The van der Waals surface area contributed by atoms with Crippen LogP contribution in [0.15, 0.2) is 6.07 Å². The van der Waals surface area contributed by atoms with Crippen LogP contribution in [0.5, 0.6) is 0 Å². The SMILES string of the molecule is CNC(=O)CCc1cc(C)nc(C2CCCN(C(C)=O)C2)n1. The molecular weight excluding hydrogens is 280 g/mol. The molecule has 6 heteroatoms. The highest BCUT2D eigenvalue weighted by atomic mass is 16.2. The van der Waals surface area contributed by atoms with E-state index in [1.807, 2.05) is 17.9 Å². The number of carbonyl (C=O) groups excluding carboxylic acids is 2. The van der Waals surface area contributed by atoms with E-state index in [4.69, 9.17) is 0 Å². The fourth-order valence-corrected chi connectivity index (χ4v) is 2.81. The van der Waals surface area contributed by atoms with Crippen LogP contribution in [0.2, 0.25) is 0 Å². The second kappa shape index (κ2) is 7.33. The number of nitrogens with zero attached hydrogens (tertiary/aromatic N) is 3. The molecule has 0 saturated carbocycles. The van der Waals surface area contributed by atoms with E-state index >= 15 is 0 Å². The van der Waals surface area contributed by atoms with Gasteiger partial charge in [0.1, 0.15) is 5.82 Å². The number of hydrogen-bond donors (Lipinski definition) is 1. The zero-order chi connectivity index (χ0) is 16.1. The lowest BCUT2D eigenvalue weighted by Gasteiger charge is -2.31. The van der Waals surface area contributed by atoms with Gasteiger partial charge in [0.15, 0.2) is 0 Å². The van der Waals surface area contributed by atoms with Crippen molar-refractivity contribution in [1.82, 2.24) is 20.2 Å². The van der Waals surface area contributed by atoms with Gasteiger partial charge in [-0.05, 0) is 32.3 Å². The van der Waals surface area contributed by atoms with Crippen LogP contribution in [0.3, 0.4) is 0 Å². The topological polar surface area (TPSA) is 75.2 Å². The quantitative estimate of drug-likeness (QED) is 0.906. The van der Waals surface area contributed by atoms with Crippen LogP contribution in [0.25, 0.3) is 0 Å². The molecule has 0 radical (unpaired) electrons. The number of carbonyl (C=O) groups is 2. The van der Waals surface area contributed by atoms with Crippen molar-refractivity contribution in [2.75, 3.05) is 20.1 Å². The largest absolute Gasteiger partial charge is 0.359 e. The fraction of sp³-hybridized carbons (Fsp3) is 0.625. The molecule has 1 saturated heterocycles. The molecule has 1 N–H and O–H groups in total. The van der Waals surface area contributed by atoms with Crippen molar-refractivity contribution in [3.05, 3.63) is 23.3 Å². The zero-order valence-corrected chi connectivity index (χ0v) is 13.6. The first-order chi connectivity index (χ1) is 10.5. The standard InChI is InChI=1S/C16H24N4O2/c1-11-9-14(6-7-15(22)17-3)19-16(18-11)13-5-4-8-20(10-13)12(2)21/h9,13H,4-8,10H2,1-3H3,(H,17,22). The highest BCUT2D eigenvalue weighted by Gasteiger charge is 2.25. The lowest BCUT2D eigenvalue weighted by atomic mass is 9.96. The minimum atomic E-state index is 0.0123. The number of hydrogen-bond acceptors (Lipinski definition) is 4. The summed E-state index contributed by atoms with van der Waals surface area (Å²) < 4.78 is 0. The smallest absolute Gasteiger partial charge is 0.220 e. The lowest BCUT2D eigenvalue weighted by Crippen LogP contribution is -2.38. The Morgan fingerprint density at radius 3 is 2.86 bits per heavy atom. The number of aryl methyl sites for hydroxylation is 2. The maximum atomic E-state index is 11.6. The Labute approximate surface area is 131 Å². The van der Waals surface area contributed by atoms with Gasteiger partial charge in [-0.15, -0.1) is 0 Å². The number of nitrogens with one attached hydrogen (secondary N) is 1. The Bertz CT molecular complexity index is 559. The van der Waals surface area contributed by atoms with Crippen LogP contribution < -0.4 is 5.32 Å². The van der Waals surface area contributed by atoms with Crippen LogP contribution in [-0.4, -0.2) is 46.8 Å². The van der Waals surface area contributed by atoms with E-state index in [0.29, 0.717) is 19.4 Å². The number of piperidine rings is 1. The molecule has 0 aromatic carbocycles. The summed E-state index contributed by atoms with van der Waals surface area (Å²) in [5.74, 6) is 1.12. The average Bonchev–Trinajstić information content (AvgIpc) is 2.52. The van der Waals surface area contributed by atoms with Crippen molar-refractivity contribution in [3.63, 3.8) is 0 Å².